The fraction of sp³-hybridized carbons (Fsp3) is 0.917. The second kappa shape index (κ2) is 4.12. The van der Waals surface area contributed by atoms with Crippen LogP contribution in [-0.2, 0) is 4.74 Å². The van der Waals surface area contributed by atoms with Gasteiger partial charge in [-0.1, -0.05) is 20.8 Å². The first kappa shape index (κ1) is 12.5. The number of piperidine rings is 1. The first-order valence-corrected chi connectivity index (χ1v) is 5.68. The Kier molecular flexibility index (Phi) is 3.44. The zero-order valence-electron chi connectivity index (χ0n) is 10.7. The molecule has 0 aromatic carbocycles. The second-order valence-electron chi connectivity index (χ2n) is 5.78. The van der Waals surface area contributed by atoms with Crippen molar-refractivity contribution in [3.8, 4) is 0 Å². The van der Waals surface area contributed by atoms with E-state index in [2.05, 4.69) is 32.6 Å². The Balaban J connectivity index is 2.69. The van der Waals surface area contributed by atoms with Gasteiger partial charge in [0.15, 0.2) is 0 Å². The molecule has 1 unspecified atom stereocenters. The molecular weight excluding hydrogens is 188 g/mol. The van der Waals surface area contributed by atoms with Crippen molar-refractivity contribution in [2.75, 3.05) is 20.2 Å². The lowest BCUT2D eigenvalue weighted by atomic mass is 9.89. The molecule has 1 aliphatic rings. The number of hydrogen-bond donors (Lipinski definition) is 1. The molecule has 1 atom stereocenters. The van der Waals surface area contributed by atoms with Crippen LogP contribution in [0.4, 0.5) is 0 Å². The lowest BCUT2D eigenvalue weighted by Gasteiger charge is -2.43. The first-order chi connectivity index (χ1) is 6.78. The Bertz CT molecular complexity index is 244. The monoisotopic (exact) mass is 212 g/mol. The van der Waals surface area contributed by atoms with Gasteiger partial charge in [0.1, 0.15) is 5.84 Å². The van der Waals surface area contributed by atoms with Crippen LogP contribution in [0.2, 0.25) is 0 Å². The first-order valence-electron chi connectivity index (χ1n) is 5.68. The van der Waals surface area contributed by atoms with Crippen molar-refractivity contribution in [3.05, 3.63) is 0 Å². The van der Waals surface area contributed by atoms with Crippen LogP contribution in [0.5, 0.6) is 0 Å². The SMILES string of the molecule is COC1(C)CCCN(C(=N)C(C)(C)C)C1. The Morgan fingerprint density at radius 1 is 1.40 bits per heavy atom. The molecule has 0 saturated carbocycles. The molecule has 0 amide bonds. The molecule has 0 aromatic heterocycles. The van der Waals surface area contributed by atoms with Crippen molar-refractivity contribution in [1.29, 1.82) is 5.41 Å². The van der Waals surface area contributed by atoms with Gasteiger partial charge in [0.05, 0.1) is 5.60 Å². The minimum Gasteiger partial charge on any atom is -0.377 e. The van der Waals surface area contributed by atoms with Crippen LogP contribution in [0, 0.1) is 10.8 Å². The van der Waals surface area contributed by atoms with Gasteiger partial charge in [-0.25, -0.2) is 0 Å². The number of nitrogens with zero attached hydrogens (tertiary/aromatic N) is 1. The van der Waals surface area contributed by atoms with Crippen LogP contribution >= 0.6 is 0 Å². The number of amidine groups is 1. The minimum absolute atomic E-state index is 0.0635. The summed E-state index contributed by atoms with van der Waals surface area (Å²) in [6.45, 7) is 10.3. The zero-order valence-corrected chi connectivity index (χ0v) is 10.7. The third-order valence-corrected chi connectivity index (χ3v) is 3.18. The predicted octanol–water partition coefficient (Wildman–Crippen LogP) is 2.51. The molecule has 3 nitrogen and oxygen atoms in total. The average molecular weight is 212 g/mol. The molecule has 3 heteroatoms. The summed E-state index contributed by atoms with van der Waals surface area (Å²) < 4.78 is 5.53. The lowest BCUT2D eigenvalue weighted by Crippen LogP contribution is -2.52. The predicted molar refractivity (Wildman–Crippen MR) is 63.4 cm³/mol. The number of ether oxygens (including phenoxy) is 1. The molecule has 88 valence electrons. The van der Waals surface area contributed by atoms with E-state index in [1.165, 1.54) is 0 Å². The maximum absolute atomic E-state index is 8.16. The Labute approximate surface area is 93.3 Å². The van der Waals surface area contributed by atoms with E-state index in [-0.39, 0.29) is 11.0 Å². The van der Waals surface area contributed by atoms with Gasteiger partial charge in [-0.2, -0.15) is 0 Å². The van der Waals surface area contributed by atoms with Gasteiger partial charge >= 0.3 is 0 Å². The van der Waals surface area contributed by atoms with Crippen LogP contribution in [0.15, 0.2) is 0 Å². The second-order valence-corrected chi connectivity index (χ2v) is 5.78. The fourth-order valence-corrected chi connectivity index (χ4v) is 2.04. The van der Waals surface area contributed by atoms with Crippen molar-refractivity contribution < 1.29 is 4.74 Å². The highest BCUT2D eigenvalue weighted by molar-refractivity contribution is 5.84. The molecule has 1 heterocycles. The van der Waals surface area contributed by atoms with Crippen molar-refractivity contribution in [2.24, 2.45) is 5.41 Å². The molecule has 1 aliphatic heterocycles. The van der Waals surface area contributed by atoms with Gasteiger partial charge in [0, 0.05) is 25.6 Å². The summed E-state index contributed by atoms with van der Waals surface area (Å²) in [5, 5.41) is 8.16. The van der Waals surface area contributed by atoms with E-state index in [1.54, 1.807) is 7.11 Å². The molecule has 0 aromatic rings. The number of likely N-dealkylation sites (tertiary alicyclic amines) is 1. The molecule has 15 heavy (non-hydrogen) atoms. The lowest BCUT2D eigenvalue weighted by molar-refractivity contribution is -0.0365. The molecule has 1 rings (SSSR count). The Morgan fingerprint density at radius 2 is 2.00 bits per heavy atom. The third kappa shape index (κ3) is 2.94. The highest BCUT2D eigenvalue weighted by Crippen LogP contribution is 2.27. The zero-order chi connectivity index (χ0) is 11.7. The van der Waals surface area contributed by atoms with E-state index in [9.17, 15) is 0 Å². The summed E-state index contributed by atoms with van der Waals surface area (Å²) in [7, 11) is 1.77. The Hall–Kier alpha value is -0.570. The summed E-state index contributed by atoms with van der Waals surface area (Å²) >= 11 is 0. The number of nitrogens with one attached hydrogen (secondary N) is 1. The molecule has 1 N–H and O–H groups in total. The topological polar surface area (TPSA) is 36.3 Å². The molecular formula is C12H24N2O. The number of hydrogen-bond acceptors (Lipinski definition) is 2. The van der Waals surface area contributed by atoms with E-state index in [4.69, 9.17) is 10.1 Å². The summed E-state index contributed by atoms with van der Waals surface area (Å²) in [5.41, 5.74) is -0.137. The fourth-order valence-electron chi connectivity index (χ4n) is 2.04. The van der Waals surface area contributed by atoms with Crippen LogP contribution in [0.1, 0.15) is 40.5 Å². The van der Waals surface area contributed by atoms with Crippen molar-refractivity contribution >= 4 is 5.84 Å². The van der Waals surface area contributed by atoms with Crippen molar-refractivity contribution in [3.63, 3.8) is 0 Å². The van der Waals surface area contributed by atoms with Crippen molar-refractivity contribution in [2.45, 2.75) is 46.1 Å². The van der Waals surface area contributed by atoms with Gasteiger partial charge in [-0.15, -0.1) is 0 Å². The number of methoxy groups -OCH3 is 1. The molecule has 0 aliphatic carbocycles. The maximum Gasteiger partial charge on any atom is 0.101 e. The minimum atomic E-state index is -0.0736. The van der Waals surface area contributed by atoms with E-state index in [0.717, 1.165) is 31.8 Å². The Morgan fingerprint density at radius 3 is 2.47 bits per heavy atom. The molecule has 1 saturated heterocycles. The van der Waals surface area contributed by atoms with Crippen LogP contribution in [0.25, 0.3) is 0 Å². The smallest absolute Gasteiger partial charge is 0.101 e. The largest absolute Gasteiger partial charge is 0.377 e. The summed E-state index contributed by atoms with van der Waals surface area (Å²) in [6, 6.07) is 0. The molecule has 1 fully saturated rings. The van der Waals surface area contributed by atoms with Crippen molar-refractivity contribution in [1.82, 2.24) is 4.90 Å². The average Bonchev–Trinajstić information content (AvgIpc) is 2.15. The molecule has 0 radical (unpaired) electrons. The van der Waals surface area contributed by atoms with Gasteiger partial charge in [-0.3, -0.25) is 5.41 Å². The van der Waals surface area contributed by atoms with Crippen LogP contribution in [-0.4, -0.2) is 36.5 Å². The summed E-state index contributed by atoms with van der Waals surface area (Å²) in [6.07, 6.45) is 2.21. The normalized spacial score (nSPS) is 27.9. The van der Waals surface area contributed by atoms with Gasteiger partial charge in [0.25, 0.3) is 0 Å². The van der Waals surface area contributed by atoms with Gasteiger partial charge in [0.2, 0.25) is 0 Å². The van der Waals surface area contributed by atoms with Crippen LogP contribution in [0.3, 0.4) is 0 Å². The van der Waals surface area contributed by atoms with E-state index in [1.807, 2.05) is 0 Å². The molecule has 0 bridgehead atoms. The third-order valence-electron chi connectivity index (χ3n) is 3.18. The molecule has 0 spiro atoms. The van der Waals surface area contributed by atoms with E-state index >= 15 is 0 Å². The quantitative estimate of drug-likeness (QED) is 0.535. The standard InChI is InChI=1S/C12H24N2O/c1-11(2,3)10(13)14-8-6-7-12(4,9-14)15-5/h13H,6-9H2,1-5H3. The van der Waals surface area contributed by atoms with Gasteiger partial charge in [-0.05, 0) is 19.8 Å². The highest BCUT2D eigenvalue weighted by Gasteiger charge is 2.34. The van der Waals surface area contributed by atoms with Gasteiger partial charge < -0.3 is 9.64 Å². The van der Waals surface area contributed by atoms with E-state index < -0.39 is 0 Å². The number of rotatable bonds is 1. The van der Waals surface area contributed by atoms with Crippen LogP contribution < -0.4 is 0 Å². The maximum atomic E-state index is 8.16. The highest BCUT2D eigenvalue weighted by atomic mass is 16.5. The summed E-state index contributed by atoms with van der Waals surface area (Å²) in [4.78, 5) is 2.16. The summed E-state index contributed by atoms with van der Waals surface area (Å²) in [5.74, 6) is 0.727. The van der Waals surface area contributed by atoms with E-state index in [0.29, 0.717) is 0 Å².